The number of terminal acetylenes is 1. The van der Waals surface area contributed by atoms with Crippen LogP contribution in [0.1, 0.15) is 82.1 Å². The van der Waals surface area contributed by atoms with Crippen molar-refractivity contribution in [2.75, 3.05) is 0 Å². The molecule has 4 rings (SSSR count). The zero-order chi connectivity index (χ0) is 44.3. The van der Waals surface area contributed by atoms with Crippen molar-refractivity contribution in [1.29, 1.82) is 0 Å². The average molecular weight is 791 g/mol. The summed E-state index contributed by atoms with van der Waals surface area (Å²) >= 11 is 0. The summed E-state index contributed by atoms with van der Waals surface area (Å²) in [6.45, 7) is 19.4. The molecule has 1 N–H and O–H groups in total. The predicted molar refractivity (Wildman–Crippen MR) is 228 cm³/mol. The van der Waals surface area contributed by atoms with Crippen molar-refractivity contribution in [1.82, 2.24) is 9.80 Å². The number of aliphatic hydroxyl groups is 1. The minimum absolute atomic E-state index is 0.0379. The summed E-state index contributed by atoms with van der Waals surface area (Å²) in [6.07, 6.45) is 9.33. The minimum atomic E-state index is -0.571. The van der Waals surface area contributed by atoms with Gasteiger partial charge in [-0.15, -0.1) is 6.42 Å². The molecule has 4 aliphatic rings. The maximum absolute atomic E-state index is 11.9. The predicted octanol–water partition coefficient (Wildman–Crippen LogP) is 4.33. The van der Waals surface area contributed by atoms with Crippen LogP contribution in [0.25, 0.3) is 0 Å². The standard InChI is InChI=1S/C14H21NO3.C13H19NO4.C12H6.C11H4/c1-8(2)13-9(3)10(4)14(18-13)15-6-5-11(16)7-12(15)17;1-7-8(2)13(18-12(7)9(3)15)14-5-4-10(16)6-11(14)17;1-3-5-7-9-11-12-10-8-6-4-2;1-3-5-7-9-11-10-8-6-4-2/h5-6,8-10,13-14H,7H2,1-4H3;4-5,7-9,12-13,15H,6H2,1-3H3;1-2H3;1H,2H3/t9-,10-,13+,14+;7-,8-,9?,12-,13+;;/m00../s1. The van der Waals surface area contributed by atoms with Crippen LogP contribution in [0.3, 0.4) is 0 Å². The molecule has 59 heavy (non-hydrogen) atoms. The van der Waals surface area contributed by atoms with E-state index in [-0.39, 0.29) is 72.4 Å². The molecule has 4 aliphatic heterocycles. The maximum Gasteiger partial charge on any atom is 0.236 e. The lowest BCUT2D eigenvalue weighted by Gasteiger charge is -2.30. The van der Waals surface area contributed by atoms with Gasteiger partial charge in [0.25, 0.3) is 0 Å². The van der Waals surface area contributed by atoms with E-state index in [1.54, 1.807) is 38.8 Å². The van der Waals surface area contributed by atoms with E-state index in [0.29, 0.717) is 11.8 Å². The van der Waals surface area contributed by atoms with Crippen molar-refractivity contribution < 1.29 is 33.8 Å². The first-order chi connectivity index (χ1) is 28.2. The van der Waals surface area contributed by atoms with Crippen molar-refractivity contribution in [3.8, 4) is 119 Å². The second kappa shape index (κ2) is 27.8. The molecule has 0 aromatic carbocycles. The molecule has 9 atom stereocenters. The van der Waals surface area contributed by atoms with Gasteiger partial charge in [0, 0.05) is 24.2 Å². The molecule has 0 aliphatic carbocycles. The molecule has 302 valence electrons. The number of amides is 2. The maximum atomic E-state index is 11.9. The summed E-state index contributed by atoms with van der Waals surface area (Å²) in [5.41, 5.74) is 0. The Kier molecular flexibility index (Phi) is 23.7. The van der Waals surface area contributed by atoms with Gasteiger partial charge in [0.1, 0.15) is 12.5 Å². The zero-order valence-corrected chi connectivity index (χ0v) is 35.4. The highest BCUT2D eigenvalue weighted by molar-refractivity contribution is 6.07. The summed E-state index contributed by atoms with van der Waals surface area (Å²) in [6, 6.07) is 0. The van der Waals surface area contributed by atoms with E-state index in [2.05, 4.69) is 140 Å². The highest BCUT2D eigenvalue weighted by Crippen LogP contribution is 2.38. The smallest absolute Gasteiger partial charge is 0.236 e. The van der Waals surface area contributed by atoms with Crippen molar-refractivity contribution in [2.45, 2.75) is 113 Å². The molecule has 0 aromatic rings. The van der Waals surface area contributed by atoms with Crippen molar-refractivity contribution in [3.63, 3.8) is 0 Å². The molecule has 0 bridgehead atoms. The number of carbonyl (C=O) groups is 4. The van der Waals surface area contributed by atoms with Gasteiger partial charge in [0.05, 0.1) is 31.2 Å². The number of ketones is 2. The Labute approximate surface area is 351 Å². The Hall–Kier alpha value is -6.76. The lowest BCUT2D eigenvalue weighted by Crippen LogP contribution is -2.42. The van der Waals surface area contributed by atoms with Crippen LogP contribution < -0.4 is 0 Å². The molecule has 4 heterocycles. The van der Waals surface area contributed by atoms with Crippen molar-refractivity contribution in [3.05, 3.63) is 24.6 Å². The number of ether oxygens (including phenoxy) is 2. The molecule has 0 aromatic heterocycles. The fraction of sp³-hybridized carbons (Fsp3) is 0.440. The number of rotatable bonds is 4. The van der Waals surface area contributed by atoms with Crippen LogP contribution in [0.4, 0.5) is 0 Å². The molecule has 2 fully saturated rings. The van der Waals surface area contributed by atoms with Gasteiger partial charge in [0.15, 0.2) is 11.6 Å². The highest BCUT2D eigenvalue weighted by atomic mass is 16.5. The third-order valence-electron chi connectivity index (χ3n) is 9.20. The van der Waals surface area contributed by atoms with E-state index in [1.807, 2.05) is 13.8 Å². The van der Waals surface area contributed by atoms with Crippen LogP contribution in [0.5, 0.6) is 0 Å². The van der Waals surface area contributed by atoms with Crippen LogP contribution in [0.15, 0.2) is 24.6 Å². The number of carbonyl (C=O) groups excluding carboxylic acids is 4. The first kappa shape index (κ1) is 50.3. The Morgan fingerprint density at radius 1 is 0.559 bits per heavy atom. The second-order valence-corrected chi connectivity index (χ2v) is 13.7. The van der Waals surface area contributed by atoms with Crippen molar-refractivity contribution in [2.24, 2.45) is 29.6 Å². The van der Waals surface area contributed by atoms with Gasteiger partial charge >= 0.3 is 0 Å². The molecular formula is C50H50N2O7. The zero-order valence-electron chi connectivity index (χ0n) is 35.4. The summed E-state index contributed by atoms with van der Waals surface area (Å²) in [4.78, 5) is 49.1. The number of hydrogen-bond acceptors (Lipinski definition) is 7. The molecule has 0 spiro atoms. The van der Waals surface area contributed by atoms with Crippen molar-refractivity contribution >= 4 is 23.4 Å². The first-order valence-electron chi connectivity index (χ1n) is 18.9. The summed E-state index contributed by atoms with van der Waals surface area (Å²) < 4.78 is 11.8. The van der Waals surface area contributed by atoms with Gasteiger partial charge in [-0.3, -0.25) is 29.0 Å². The van der Waals surface area contributed by atoms with E-state index in [4.69, 9.17) is 15.9 Å². The summed E-state index contributed by atoms with van der Waals surface area (Å²) in [5.74, 6) is 48.2. The van der Waals surface area contributed by atoms with Crippen LogP contribution in [0.2, 0.25) is 0 Å². The van der Waals surface area contributed by atoms with Crippen LogP contribution in [-0.4, -0.2) is 69.1 Å². The van der Waals surface area contributed by atoms with Crippen LogP contribution >= 0.6 is 0 Å². The minimum Gasteiger partial charge on any atom is -0.391 e. The normalized spacial score (nSPS) is 24.4. The third-order valence-corrected chi connectivity index (χ3v) is 9.20. The Balaban J connectivity index is 0.000000404. The van der Waals surface area contributed by atoms with E-state index < -0.39 is 12.3 Å². The Morgan fingerprint density at radius 2 is 0.881 bits per heavy atom. The molecule has 0 saturated carbocycles. The number of nitrogens with zero attached hydrogens (tertiary/aromatic N) is 2. The molecule has 1 unspecified atom stereocenters. The lowest BCUT2D eigenvalue weighted by molar-refractivity contribution is -0.148. The van der Waals surface area contributed by atoms with Gasteiger partial charge in [-0.25, -0.2) is 0 Å². The van der Waals surface area contributed by atoms with Gasteiger partial charge in [-0.1, -0.05) is 59.3 Å². The SMILES string of the molecule is C#CC#CC#CC#CC#CC.CC#CC#CC#CC#CC#CC.CC(C)[C@H]1O[C@@H](N2C=CC(=O)CC2=O)[C@@H](C)[C@@H]1C.CC(O)[C@H]1O[C@@H](N2C=CC(=O)CC2=O)[C@@H](C)[C@@H]1C. The van der Waals surface area contributed by atoms with E-state index >= 15 is 0 Å². The number of hydrogen-bond donors (Lipinski definition) is 1. The molecule has 0 radical (unpaired) electrons. The van der Waals surface area contributed by atoms with Gasteiger partial charge in [0.2, 0.25) is 11.8 Å². The van der Waals surface area contributed by atoms with Gasteiger partial charge in [-0.2, -0.15) is 0 Å². The summed E-state index contributed by atoms with van der Waals surface area (Å²) in [7, 11) is 0. The molecule has 9 heteroatoms. The molecular weight excluding hydrogens is 741 g/mol. The van der Waals surface area contributed by atoms with Gasteiger partial charge in [-0.05, 0) is 152 Å². The Bertz CT molecular complexity index is 2120. The molecule has 2 amide bonds. The average Bonchev–Trinajstić information content (AvgIpc) is 3.66. The van der Waals surface area contributed by atoms with E-state index in [1.165, 1.54) is 23.3 Å². The van der Waals surface area contributed by atoms with Crippen LogP contribution in [0, 0.1) is 149 Å². The van der Waals surface area contributed by atoms with E-state index in [9.17, 15) is 24.3 Å². The molecule has 9 nitrogen and oxygen atoms in total. The number of aliphatic hydroxyl groups excluding tert-OH is 1. The highest BCUT2D eigenvalue weighted by Gasteiger charge is 2.46. The number of allylic oxidation sites excluding steroid dienone is 2. The molecule has 2 saturated heterocycles. The first-order valence-corrected chi connectivity index (χ1v) is 18.9. The quantitative estimate of drug-likeness (QED) is 0.334. The van der Waals surface area contributed by atoms with E-state index in [0.717, 1.165) is 0 Å². The lowest BCUT2D eigenvalue weighted by atomic mass is 9.87. The van der Waals surface area contributed by atoms with Crippen LogP contribution in [-0.2, 0) is 28.7 Å². The third kappa shape index (κ3) is 17.5. The second-order valence-electron chi connectivity index (χ2n) is 13.7. The topological polar surface area (TPSA) is 113 Å². The largest absolute Gasteiger partial charge is 0.391 e. The fourth-order valence-electron chi connectivity index (χ4n) is 6.00. The Morgan fingerprint density at radius 3 is 1.15 bits per heavy atom. The van der Waals surface area contributed by atoms with Gasteiger partial charge < -0.3 is 14.6 Å². The fourth-order valence-corrected chi connectivity index (χ4v) is 6.00. The summed E-state index contributed by atoms with van der Waals surface area (Å²) in [5, 5.41) is 9.66. The monoisotopic (exact) mass is 790 g/mol.